The average molecular weight is 258 g/mol. The molecule has 0 atom stereocenters. The lowest BCUT2D eigenvalue weighted by molar-refractivity contribution is 0.222. The van der Waals surface area contributed by atoms with E-state index in [-0.39, 0.29) is 11.7 Å². The molecule has 0 aromatic carbocycles. The molecular weight excluding hydrogens is 238 g/mol. The molecule has 0 bridgehead atoms. The van der Waals surface area contributed by atoms with Crippen molar-refractivity contribution in [3.63, 3.8) is 0 Å². The standard InChI is InChI=1S/C13H20F2N2O/c1-4-9(5-2)8-18-13-11(15)7-10(14)12(17-13)16-6-3/h7,9H,4-6,8H2,1-3H3,(H,16,17). The minimum absolute atomic E-state index is 0.0263. The summed E-state index contributed by atoms with van der Waals surface area (Å²) in [5.41, 5.74) is 0. The lowest BCUT2D eigenvalue weighted by Crippen LogP contribution is -2.13. The first-order valence-electron chi connectivity index (χ1n) is 6.34. The van der Waals surface area contributed by atoms with Gasteiger partial charge in [0.15, 0.2) is 17.5 Å². The van der Waals surface area contributed by atoms with E-state index in [1.807, 2.05) is 6.92 Å². The van der Waals surface area contributed by atoms with Gasteiger partial charge in [0.25, 0.3) is 5.88 Å². The molecule has 0 saturated heterocycles. The van der Waals surface area contributed by atoms with Crippen molar-refractivity contribution >= 4 is 5.82 Å². The summed E-state index contributed by atoms with van der Waals surface area (Å²) in [6.07, 6.45) is 1.92. The monoisotopic (exact) mass is 258 g/mol. The first-order chi connectivity index (χ1) is 8.62. The van der Waals surface area contributed by atoms with Gasteiger partial charge < -0.3 is 10.1 Å². The van der Waals surface area contributed by atoms with E-state index < -0.39 is 11.6 Å². The maximum atomic E-state index is 13.5. The fraction of sp³-hybridized carbons (Fsp3) is 0.615. The topological polar surface area (TPSA) is 34.2 Å². The van der Waals surface area contributed by atoms with Crippen LogP contribution in [0.1, 0.15) is 33.6 Å². The number of nitrogens with zero attached hydrogens (tertiary/aromatic N) is 1. The minimum Gasteiger partial charge on any atom is -0.475 e. The van der Waals surface area contributed by atoms with Crippen molar-refractivity contribution in [1.82, 2.24) is 4.98 Å². The van der Waals surface area contributed by atoms with Crippen LogP contribution < -0.4 is 10.1 Å². The van der Waals surface area contributed by atoms with Gasteiger partial charge in [-0.2, -0.15) is 4.98 Å². The smallest absolute Gasteiger partial charge is 0.252 e. The summed E-state index contributed by atoms with van der Waals surface area (Å²) < 4.78 is 32.1. The Kier molecular flexibility index (Phi) is 5.82. The first-order valence-corrected chi connectivity index (χ1v) is 6.34. The molecule has 1 N–H and O–H groups in total. The van der Waals surface area contributed by atoms with E-state index in [4.69, 9.17) is 4.74 Å². The molecule has 1 aromatic heterocycles. The molecule has 102 valence electrons. The lowest BCUT2D eigenvalue weighted by atomic mass is 10.1. The predicted octanol–water partition coefficient (Wildman–Crippen LogP) is 3.61. The molecule has 0 amide bonds. The van der Waals surface area contributed by atoms with Gasteiger partial charge in [0.2, 0.25) is 0 Å². The van der Waals surface area contributed by atoms with Crippen LogP contribution in [0, 0.1) is 17.6 Å². The lowest BCUT2D eigenvalue weighted by Gasteiger charge is -2.14. The van der Waals surface area contributed by atoms with Crippen molar-refractivity contribution in [3.05, 3.63) is 17.7 Å². The highest BCUT2D eigenvalue weighted by Crippen LogP contribution is 2.21. The normalized spacial score (nSPS) is 10.8. The van der Waals surface area contributed by atoms with Gasteiger partial charge in [-0.25, -0.2) is 8.78 Å². The molecule has 0 aliphatic heterocycles. The van der Waals surface area contributed by atoms with E-state index in [2.05, 4.69) is 24.1 Å². The number of aromatic nitrogens is 1. The summed E-state index contributed by atoms with van der Waals surface area (Å²) in [6.45, 7) is 6.83. The van der Waals surface area contributed by atoms with E-state index in [0.717, 1.165) is 18.9 Å². The minimum atomic E-state index is -0.764. The van der Waals surface area contributed by atoms with Crippen LogP contribution in [0.5, 0.6) is 5.88 Å². The molecule has 5 heteroatoms. The van der Waals surface area contributed by atoms with E-state index in [1.165, 1.54) is 0 Å². The molecule has 3 nitrogen and oxygen atoms in total. The number of rotatable bonds is 7. The average Bonchev–Trinajstić information content (AvgIpc) is 2.35. The van der Waals surface area contributed by atoms with Crippen LogP contribution in [0.2, 0.25) is 0 Å². The van der Waals surface area contributed by atoms with Crippen molar-refractivity contribution < 1.29 is 13.5 Å². The van der Waals surface area contributed by atoms with E-state index in [0.29, 0.717) is 19.1 Å². The number of ether oxygens (including phenoxy) is 1. The van der Waals surface area contributed by atoms with Crippen molar-refractivity contribution in [2.75, 3.05) is 18.5 Å². The summed E-state index contributed by atoms with van der Waals surface area (Å²) in [7, 11) is 0. The first kappa shape index (κ1) is 14.7. The number of hydrogen-bond donors (Lipinski definition) is 1. The molecule has 18 heavy (non-hydrogen) atoms. The highest BCUT2D eigenvalue weighted by atomic mass is 19.1. The van der Waals surface area contributed by atoms with Gasteiger partial charge >= 0.3 is 0 Å². The molecule has 1 aromatic rings. The van der Waals surface area contributed by atoms with E-state index in [9.17, 15) is 8.78 Å². The molecule has 0 aliphatic rings. The number of pyridine rings is 1. The molecule has 1 rings (SSSR count). The van der Waals surface area contributed by atoms with Gasteiger partial charge in [-0.1, -0.05) is 26.7 Å². The summed E-state index contributed by atoms with van der Waals surface area (Å²) >= 11 is 0. The maximum absolute atomic E-state index is 13.5. The number of nitrogens with one attached hydrogen (secondary N) is 1. The molecule has 0 unspecified atom stereocenters. The molecule has 0 spiro atoms. The van der Waals surface area contributed by atoms with Crippen LogP contribution >= 0.6 is 0 Å². The zero-order chi connectivity index (χ0) is 13.5. The van der Waals surface area contributed by atoms with Crippen molar-refractivity contribution in [2.45, 2.75) is 33.6 Å². The van der Waals surface area contributed by atoms with E-state index >= 15 is 0 Å². The molecule has 0 saturated carbocycles. The largest absolute Gasteiger partial charge is 0.475 e. The van der Waals surface area contributed by atoms with Crippen molar-refractivity contribution in [3.8, 4) is 5.88 Å². The molecular formula is C13H20F2N2O. The SMILES string of the molecule is CCNc1nc(OCC(CC)CC)c(F)cc1F. The number of anilines is 1. The van der Waals surface area contributed by atoms with Crippen LogP contribution in [0.4, 0.5) is 14.6 Å². The quantitative estimate of drug-likeness (QED) is 0.811. The summed E-state index contributed by atoms with van der Waals surface area (Å²) in [5.74, 6) is -1.22. The molecule has 0 radical (unpaired) electrons. The second-order valence-corrected chi connectivity index (χ2v) is 4.13. The summed E-state index contributed by atoms with van der Waals surface area (Å²) in [6, 6.07) is 0.799. The van der Waals surface area contributed by atoms with Crippen LogP contribution in [0.3, 0.4) is 0 Å². The highest BCUT2D eigenvalue weighted by molar-refractivity contribution is 5.39. The molecule has 0 fully saturated rings. The summed E-state index contributed by atoms with van der Waals surface area (Å²) in [4.78, 5) is 3.82. The van der Waals surface area contributed by atoms with E-state index in [1.54, 1.807) is 0 Å². The van der Waals surface area contributed by atoms with Gasteiger partial charge in [-0.05, 0) is 12.8 Å². The molecule has 1 heterocycles. The van der Waals surface area contributed by atoms with Gasteiger partial charge in [0, 0.05) is 12.6 Å². The maximum Gasteiger partial charge on any atom is 0.252 e. The Hall–Kier alpha value is -1.39. The van der Waals surface area contributed by atoms with Crippen molar-refractivity contribution in [1.29, 1.82) is 0 Å². The Morgan fingerprint density at radius 1 is 1.22 bits per heavy atom. The number of hydrogen-bond acceptors (Lipinski definition) is 3. The Balaban J connectivity index is 2.78. The molecule has 0 aliphatic carbocycles. The third-order valence-corrected chi connectivity index (χ3v) is 2.85. The Bertz CT molecular complexity index is 381. The van der Waals surface area contributed by atoms with Gasteiger partial charge in [0.1, 0.15) is 0 Å². The second-order valence-electron chi connectivity index (χ2n) is 4.13. The van der Waals surface area contributed by atoms with Crippen LogP contribution in [-0.4, -0.2) is 18.1 Å². The van der Waals surface area contributed by atoms with Crippen molar-refractivity contribution in [2.24, 2.45) is 5.92 Å². The zero-order valence-electron chi connectivity index (χ0n) is 11.1. The highest BCUT2D eigenvalue weighted by Gasteiger charge is 2.14. The summed E-state index contributed by atoms with van der Waals surface area (Å²) in [5, 5.41) is 2.73. The van der Waals surface area contributed by atoms with Gasteiger partial charge in [-0.15, -0.1) is 0 Å². The number of halogens is 2. The van der Waals surface area contributed by atoms with Crippen LogP contribution in [-0.2, 0) is 0 Å². The Morgan fingerprint density at radius 2 is 1.89 bits per heavy atom. The van der Waals surface area contributed by atoms with Crippen LogP contribution in [0.15, 0.2) is 6.07 Å². The third-order valence-electron chi connectivity index (χ3n) is 2.85. The zero-order valence-corrected chi connectivity index (χ0v) is 11.1. The van der Waals surface area contributed by atoms with Gasteiger partial charge in [0.05, 0.1) is 6.61 Å². The fourth-order valence-electron chi connectivity index (χ4n) is 1.56. The fourth-order valence-corrected chi connectivity index (χ4v) is 1.56. The predicted molar refractivity (Wildman–Crippen MR) is 67.9 cm³/mol. The van der Waals surface area contributed by atoms with Gasteiger partial charge in [-0.3, -0.25) is 0 Å². The Morgan fingerprint density at radius 3 is 2.44 bits per heavy atom. The third kappa shape index (κ3) is 3.82. The Labute approximate surface area is 107 Å². The second kappa shape index (κ2) is 7.13. The van der Waals surface area contributed by atoms with Crippen LogP contribution in [0.25, 0.3) is 0 Å².